The average molecular weight is 195 g/mol. The van der Waals surface area contributed by atoms with E-state index < -0.39 is 0 Å². The van der Waals surface area contributed by atoms with Gasteiger partial charge in [0.1, 0.15) is 12.4 Å². The third kappa shape index (κ3) is 1.58. The Morgan fingerprint density at radius 2 is 2.23 bits per heavy atom. The van der Waals surface area contributed by atoms with Gasteiger partial charge >= 0.3 is 0 Å². The van der Waals surface area contributed by atoms with Gasteiger partial charge in [-0.15, -0.1) is 0 Å². The molecule has 2 rings (SSSR count). The molecule has 1 aliphatic rings. The Kier molecular flexibility index (Phi) is 2.07. The van der Waals surface area contributed by atoms with E-state index in [0.29, 0.717) is 22.9 Å². The monoisotopic (exact) mass is 194 g/mol. The van der Waals surface area contributed by atoms with E-state index in [9.17, 15) is 4.79 Å². The summed E-state index contributed by atoms with van der Waals surface area (Å²) >= 11 is 5.77. The van der Waals surface area contributed by atoms with Gasteiger partial charge in [0.15, 0.2) is 5.78 Å². The Bertz CT molecular complexity index is 383. The van der Waals surface area contributed by atoms with Gasteiger partial charge in [0, 0.05) is 5.02 Å². The Morgan fingerprint density at radius 3 is 3.08 bits per heavy atom. The molecule has 0 saturated heterocycles. The number of benzene rings is 1. The first kappa shape index (κ1) is 8.32. The maximum atomic E-state index is 11.4. The van der Waals surface area contributed by atoms with Crippen molar-refractivity contribution in [3.05, 3.63) is 40.9 Å². The van der Waals surface area contributed by atoms with Crippen molar-refractivity contribution in [1.29, 1.82) is 0 Å². The summed E-state index contributed by atoms with van der Waals surface area (Å²) in [6.45, 7) is 0.416. The highest BCUT2D eigenvalue weighted by Crippen LogP contribution is 2.25. The summed E-state index contributed by atoms with van der Waals surface area (Å²) in [6.07, 6.45) is 3.20. The van der Waals surface area contributed by atoms with Crippen LogP contribution < -0.4 is 4.74 Å². The number of halogens is 1. The second-order valence-corrected chi connectivity index (χ2v) is 3.15. The summed E-state index contributed by atoms with van der Waals surface area (Å²) < 4.78 is 5.31. The van der Waals surface area contributed by atoms with E-state index >= 15 is 0 Å². The summed E-state index contributed by atoms with van der Waals surface area (Å²) in [5, 5.41) is 0.577. The molecule has 0 aliphatic carbocycles. The molecule has 3 heteroatoms. The fourth-order valence-electron chi connectivity index (χ4n) is 1.20. The summed E-state index contributed by atoms with van der Waals surface area (Å²) in [6, 6.07) is 5.01. The second kappa shape index (κ2) is 3.23. The molecule has 0 radical (unpaired) electrons. The van der Waals surface area contributed by atoms with Gasteiger partial charge < -0.3 is 4.74 Å². The van der Waals surface area contributed by atoms with Crippen molar-refractivity contribution in [2.75, 3.05) is 6.61 Å². The predicted molar refractivity (Wildman–Crippen MR) is 50.4 cm³/mol. The fourth-order valence-corrected chi connectivity index (χ4v) is 1.36. The van der Waals surface area contributed by atoms with Crippen molar-refractivity contribution in [3.8, 4) is 5.75 Å². The van der Waals surface area contributed by atoms with Crippen LogP contribution in [0.3, 0.4) is 0 Å². The third-order valence-corrected chi connectivity index (χ3v) is 2.05. The standard InChI is InChI=1S/C10H7ClO2/c11-7-3-4-8-9(12)2-1-5-13-10(8)6-7/h1-4,6H,5H2. The first-order valence-electron chi connectivity index (χ1n) is 3.90. The Hall–Kier alpha value is -1.28. The molecule has 1 aromatic carbocycles. The number of fused-ring (bicyclic) bond motifs is 1. The Morgan fingerprint density at radius 1 is 1.38 bits per heavy atom. The van der Waals surface area contributed by atoms with Crippen molar-refractivity contribution in [3.63, 3.8) is 0 Å². The van der Waals surface area contributed by atoms with Crippen LogP contribution in [0.2, 0.25) is 5.02 Å². The average Bonchev–Trinajstić information content (AvgIpc) is 2.28. The number of hydrogen-bond acceptors (Lipinski definition) is 2. The highest BCUT2D eigenvalue weighted by Gasteiger charge is 2.12. The quantitative estimate of drug-likeness (QED) is 0.634. The molecular weight excluding hydrogens is 188 g/mol. The zero-order chi connectivity index (χ0) is 9.26. The number of hydrogen-bond donors (Lipinski definition) is 0. The van der Waals surface area contributed by atoms with Gasteiger partial charge in [-0.2, -0.15) is 0 Å². The van der Waals surface area contributed by atoms with Crippen LogP contribution in [-0.4, -0.2) is 12.4 Å². The van der Waals surface area contributed by atoms with Crippen LogP contribution in [0.15, 0.2) is 30.4 Å². The van der Waals surface area contributed by atoms with E-state index in [4.69, 9.17) is 16.3 Å². The van der Waals surface area contributed by atoms with Crippen LogP contribution in [0.25, 0.3) is 0 Å². The van der Waals surface area contributed by atoms with Gasteiger partial charge in [0.2, 0.25) is 0 Å². The minimum Gasteiger partial charge on any atom is -0.489 e. The Balaban J connectivity index is 2.54. The van der Waals surface area contributed by atoms with E-state index in [-0.39, 0.29) is 5.78 Å². The zero-order valence-corrected chi connectivity index (χ0v) is 7.54. The van der Waals surface area contributed by atoms with Gasteiger partial charge in [0.05, 0.1) is 5.56 Å². The SMILES string of the molecule is O=C1C=CCOc2cc(Cl)ccc21. The summed E-state index contributed by atoms with van der Waals surface area (Å²) in [5.41, 5.74) is 0.568. The van der Waals surface area contributed by atoms with Crippen molar-refractivity contribution >= 4 is 17.4 Å². The van der Waals surface area contributed by atoms with Crippen molar-refractivity contribution < 1.29 is 9.53 Å². The fraction of sp³-hybridized carbons (Fsp3) is 0.100. The molecule has 1 aromatic rings. The van der Waals surface area contributed by atoms with E-state index in [1.165, 1.54) is 6.08 Å². The maximum absolute atomic E-state index is 11.4. The van der Waals surface area contributed by atoms with Crippen molar-refractivity contribution in [2.45, 2.75) is 0 Å². The predicted octanol–water partition coefficient (Wildman–Crippen LogP) is 2.47. The molecule has 66 valence electrons. The lowest BCUT2D eigenvalue weighted by Crippen LogP contribution is -1.97. The third-order valence-electron chi connectivity index (χ3n) is 1.81. The smallest absolute Gasteiger partial charge is 0.189 e. The number of rotatable bonds is 0. The maximum Gasteiger partial charge on any atom is 0.189 e. The van der Waals surface area contributed by atoms with E-state index in [1.807, 2.05) is 0 Å². The minimum atomic E-state index is -0.0378. The molecule has 0 bridgehead atoms. The van der Waals surface area contributed by atoms with Gasteiger partial charge in [-0.1, -0.05) is 11.6 Å². The molecule has 0 unspecified atom stereocenters. The topological polar surface area (TPSA) is 26.3 Å². The molecule has 1 heterocycles. The lowest BCUT2D eigenvalue weighted by atomic mass is 10.1. The number of allylic oxidation sites excluding steroid dienone is 1. The van der Waals surface area contributed by atoms with Gasteiger partial charge in [-0.25, -0.2) is 0 Å². The molecule has 1 aliphatic heterocycles. The number of ether oxygens (including phenoxy) is 1. The number of carbonyl (C=O) groups excluding carboxylic acids is 1. The molecule has 0 saturated carbocycles. The molecule has 0 spiro atoms. The molecule has 0 aromatic heterocycles. The normalized spacial score (nSPS) is 14.7. The van der Waals surface area contributed by atoms with Crippen LogP contribution in [0, 0.1) is 0 Å². The highest BCUT2D eigenvalue weighted by molar-refractivity contribution is 6.31. The van der Waals surface area contributed by atoms with E-state index in [1.54, 1.807) is 24.3 Å². The van der Waals surface area contributed by atoms with Crippen molar-refractivity contribution in [1.82, 2.24) is 0 Å². The first-order chi connectivity index (χ1) is 6.27. The summed E-state index contributed by atoms with van der Waals surface area (Å²) in [7, 11) is 0. The largest absolute Gasteiger partial charge is 0.489 e. The lowest BCUT2D eigenvalue weighted by Gasteiger charge is -2.05. The van der Waals surface area contributed by atoms with Gasteiger partial charge in [0.25, 0.3) is 0 Å². The van der Waals surface area contributed by atoms with Crippen LogP contribution in [0.4, 0.5) is 0 Å². The van der Waals surface area contributed by atoms with E-state index in [2.05, 4.69) is 0 Å². The van der Waals surface area contributed by atoms with Crippen LogP contribution >= 0.6 is 11.6 Å². The summed E-state index contributed by atoms with van der Waals surface area (Å²) in [4.78, 5) is 11.4. The molecule has 2 nitrogen and oxygen atoms in total. The van der Waals surface area contributed by atoms with Gasteiger partial charge in [-0.3, -0.25) is 4.79 Å². The first-order valence-corrected chi connectivity index (χ1v) is 4.28. The highest BCUT2D eigenvalue weighted by atomic mass is 35.5. The summed E-state index contributed by atoms with van der Waals surface area (Å²) in [5.74, 6) is 0.520. The van der Waals surface area contributed by atoms with E-state index in [0.717, 1.165) is 0 Å². The van der Waals surface area contributed by atoms with Crippen LogP contribution in [-0.2, 0) is 0 Å². The second-order valence-electron chi connectivity index (χ2n) is 2.72. The zero-order valence-electron chi connectivity index (χ0n) is 6.79. The van der Waals surface area contributed by atoms with Gasteiger partial charge in [-0.05, 0) is 30.4 Å². The molecular formula is C10H7ClO2. The molecule has 0 amide bonds. The van der Waals surface area contributed by atoms with Crippen molar-refractivity contribution in [2.24, 2.45) is 0 Å². The molecule has 0 N–H and O–H groups in total. The van der Waals surface area contributed by atoms with Crippen LogP contribution in [0.5, 0.6) is 5.75 Å². The number of carbonyl (C=O) groups is 1. The van der Waals surface area contributed by atoms with Crippen LogP contribution in [0.1, 0.15) is 10.4 Å². The minimum absolute atomic E-state index is 0.0378. The Labute approximate surface area is 80.8 Å². The lowest BCUT2D eigenvalue weighted by molar-refractivity contribution is 0.104. The molecule has 0 atom stereocenters. The molecule has 13 heavy (non-hydrogen) atoms. The molecule has 0 fully saturated rings. The number of ketones is 1.